The molecular weight excluding hydrogens is 168 g/mol. The molecule has 0 bridgehead atoms. The minimum absolute atomic E-state index is 0.113. The highest BCUT2D eigenvalue weighted by atomic mass is 16.3. The van der Waals surface area contributed by atoms with Crippen molar-refractivity contribution in [2.24, 2.45) is 0 Å². The second kappa shape index (κ2) is 6.06. The summed E-state index contributed by atoms with van der Waals surface area (Å²) in [5.74, 6) is 0.300. The zero-order valence-corrected chi connectivity index (χ0v) is 7.66. The van der Waals surface area contributed by atoms with Crippen molar-refractivity contribution >= 4 is 6.79 Å². The van der Waals surface area contributed by atoms with Gasteiger partial charge < -0.3 is 15.0 Å². The van der Waals surface area contributed by atoms with E-state index in [1.807, 2.05) is 13.7 Å². The lowest BCUT2D eigenvalue weighted by Crippen LogP contribution is -1.82. The molecule has 2 N–H and O–H groups in total. The number of rotatable bonds is 2. The molecule has 3 heteroatoms. The van der Waals surface area contributed by atoms with E-state index in [1.54, 1.807) is 12.1 Å². The second-order valence-electron chi connectivity index (χ2n) is 2.56. The van der Waals surface area contributed by atoms with Crippen molar-refractivity contribution in [2.75, 3.05) is 0 Å². The molecule has 1 aromatic carbocycles. The first-order chi connectivity index (χ1) is 6.24. The highest BCUT2D eigenvalue weighted by molar-refractivity contribution is 5.38. The van der Waals surface area contributed by atoms with Gasteiger partial charge in [0.25, 0.3) is 0 Å². The van der Waals surface area contributed by atoms with Crippen LogP contribution >= 0.6 is 0 Å². The van der Waals surface area contributed by atoms with Gasteiger partial charge in [-0.15, -0.1) is 0 Å². The number of phenols is 2. The monoisotopic (exact) mass is 182 g/mol. The van der Waals surface area contributed by atoms with Crippen LogP contribution in [-0.4, -0.2) is 17.0 Å². The van der Waals surface area contributed by atoms with E-state index in [-0.39, 0.29) is 11.5 Å². The molecular formula is C10H14O3. The molecule has 72 valence electrons. The molecule has 0 aliphatic carbocycles. The average Bonchev–Trinajstić information content (AvgIpc) is 2.14. The number of aryl methyl sites for hydroxylation is 1. The quantitative estimate of drug-likeness (QED) is 0.734. The zero-order valence-electron chi connectivity index (χ0n) is 7.66. The topological polar surface area (TPSA) is 57.5 Å². The van der Waals surface area contributed by atoms with Crippen LogP contribution in [0.2, 0.25) is 0 Å². The Balaban J connectivity index is 0.000000671. The van der Waals surface area contributed by atoms with Crippen LogP contribution in [0.5, 0.6) is 11.5 Å². The number of benzene rings is 1. The van der Waals surface area contributed by atoms with Crippen LogP contribution in [0, 0.1) is 0 Å². The van der Waals surface area contributed by atoms with Gasteiger partial charge in [0.05, 0.1) is 0 Å². The van der Waals surface area contributed by atoms with Gasteiger partial charge in [0.1, 0.15) is 18.3 Å². The normalized spacial score (nSPS) is 8.69. The number of hydrogen-bond donors (Lipinski definition) is 2. The molecule has 0 atom stereocenters. The number of phenolic OH excluding ortho intramolecular Hbond substituents is 2. The van der Waals surface area contributed by atoms with Gasteiger partial charge >= 0.3 is 0 Å². The Morgan fingerprint density at radius 2 is 1.92 bits per heavy atom. The van der Waals surface area contributed by atoms with E-state index in [0.29, 0.717) is 0 Å². The third-order valence-electron chi connectivity index (χ3n) is 1.59. The van der Waals surface area contributed by atoms with E-state index in [9.17, 15) is 5.11 Å². The van der Waals surface area contributed by atoms with Crippen molar-refractivity contribution in [1.82, 2.24) is 0 Å². The van der Waals surface area contributed by atoms with Gasteiger partial charge in [-0.1, -0.05) is 19.4 Å². The maximum absolute atomic E-state index is 9.26. The van der Waals surface area contributed by atoms with Gasteiger partial charge in [0, 0.05) is 6.07 Å². The van der Waals surface area contributed by atoms with Gasteiger partial charge in [-0.25, -0.2) is 0 Å². The van der Waals surface area contributed by atoms with Crippen LogP contribution in [0.15, 0.2) is 18.2 Å². The van der Waals surface area contributed by atoms with E-state index < -0.39 is 0 Å². The molecule has 0 amide bonds. The highest BCUT2D eigenvalue weighted by Gasteiger charge is 1.99. The van der Waals surface area contributed by atoms with Crippen molar-refractivity contribution in [3.8, 4) is 11.5 Å². The molecule has 3 nitrogen and oxygen atoms in total. The van der Waals surface area contributed by atoms with E-state index in [1.165, 1.54) is 6.07 Å². The van der Waals surface area contributed by atoms with Gasteiger partial charge in [-0.2, -0.15) is 0 Å². The van der Waals surface area contributed by atoms with Gasteiger partial charge in [-0.3, -0.25) is 0 Å². The Morgan fingerprint density at radius 1 is 1.31 bits per heavy atom. The average molecular weight is 182 g/mol. The summed E-state index contributed by atoms with van der Waals surface area (Å²) in [5, 5.41) is 18.2. The molecule has 0 unspecified atom stereocenters. The molecule has 0 fully saturated rings. The molecule has 1 aromatic rings. The Kier molecular flexibility index (Phi) is 5.35. The predicted molar refractivity (Wildman–Crippen MR) is 50.9 cm³/mol. The fraction of sp³-hybridized carbons (Fsp3) is 0.300. The van der Waals surface area contributed by atoms with Crippen molar-refractivity contribution < 1.29 is 15.0 Å². The van der Waals surface area contributed by atoms with E-state index in [2.05, 4.69) is 0 Å². The maximum Gasteiger partial charge on any atom is 0.122 e. The highest BCUT2D eigenvalue weighted by Crippen LogP contribution is 2.23. The van der Waals surface area contributed by atoms with E-state index >= 15 is 0 Å². The fourth-order valence-corrected chi connectivity index (χ4v) is 1.03. The van der Waals surface area contributed by atoms with Crippen LogP contribution < -0.4 is 0 Å². The first-order valence-corrected chi connectivity index (χ1v) is 4.03. The van der Waals surface area contributed by atoms with Crippen LogP contribution in [0.1, 0.15) is 18.9 Å². The van der Waals surface area contributed by atoms with E-state index in [4.69, 9.17) is 9.90 Å². The molecule has 0 aliphatic rings. The van der Waals surface area contributed by atoms with Crippen LogP contribution in [-0.2, 0) is 11.2 Å². The Labute approximate surface area is 77.6 Å². The molecule has 0 saturated carbocycles. The molecule has 0 saturated heterocycles. The number of aromatic hydroxyl groups is 2. The Morgan fingerprint density at radius 3 is 2.38 bits per heavy atom. The summed E-state index contributed by atoms with van der Waals surface area (Å²) >= 11 is 0. The SMILES string of the molecule is C=O.CCCc1ccc(O)cc1O. The first-order valence-electron chi connectivity index (χ1n) is 4.03. The molecule has 0 aliphatic heterocycles. The summed E-state index contributed by atoms with van der Waals surface area (Å²) in [6.45, 7) is 4.05. The summed E-state index contributed by atoms with van der Waals surface area (Å²) in [6, 6.07) is 4.70. The number of carbonyl (C=O) groups excluding carboxylic acids is 1. The van der Waals surface area contributed by atoms with Crippen molar-refractivity contribution in [2.45, 2.75) is 19.8 Å². The van der Waals surface area contributed by atoms with Gasteiger partial charge in [0.15, 0.2) is 0 Å². The molecule has 1 rings (SSSR count). The minimum Gasteiger partial charge on any atom is -0.508 e. The van der Waals surface area contributed by atoms with Crippen molar-refractivity contribution in [3.63, 3.8) is 0 Å². The third-order valence-corrected chi connectivity index (χ3v) is 1.59. The summed E-state index contributed by atoms with van der Waals surface area (Å²) in [5.41, 5.74) is 0.894. The molecule has 0 spiro atoms. The minimum atomic E-state index is 0.113. The third kappa shape index (κ3) is 3.60. The fourth-order valence-electron chi connectivity index (χ4n) is 1.03. The van der Waals surface area contributed by atoms with Crippen molar-refractivity contribution in [1.29, 1.82) is 0 Å². The summed E-state index contributed by atoms with van der Waals surface area (Å²) < 4.78 is 0. The van der Waals surface area contributed by atoms with E-state index in [0.717, 1.165) is 18.4 Å². The van der Waals surface area contributed by atoms with Crippen molar-refractivity contribution in [3.05, 3.63) is 23.8 Å². The van der Waals surface area contributed by atoms with Crippen LogP contribution in [0.4, 0.5) is 0 Å². The first kappa shape index (κ1) is 11.5. The summed E-state index contributed by atoms with van der Waals surface area (Å²) in [7, 11) is 0. The lowest BCUT2D eigenvalue weighted by molar-refractivity contribution is -0.0979. The smallest absolute Gasteiger partial charge is 0.122 e. The Bertz CT molecular complexity index is 258. The Hall–Kier alpha value is -1.51. The molecule has 0 radical (unpaired) electrons. The molecule has 0 heterocycles. The lowest BCUT2D eigenvalue weighted by Gasteiger charge is -2.01. The predicted octanol–water partition coefficient (Wildman–Crippen LogP) is 1.87. The van der Waals surface area contributed by atoms with Crippen LogP contribution in [0.3, 0.4) is 0 Å². The maximum atomic E-state index is 9.26. The van der Waals surface area contributed by atoms with Crippen LogP contribution in [0.25, 0.3) is 0 Å². The lowest BCUT2D eigenvalue weighted by atomic mass is 10.1. The van der Waals surface area contributed by atoms with Gasteiger partial charge in [-0.05, 0) is 18.1 Å². The van der Waals surface area contributed by atoms with Gasteiger partial charge in [0.2, 0.25) is 0 Å². The second-order valence-corrected chi connectivity index (χ2v) is 2.56. The summed E-state index contributed by atoms with van der Waals surface area (Å²) in [4.78, 5) is 8.00. The summed E-state index contributed by atoms with van der Waals surface area (Å²) in [6.07, 6.45) is 1.85. The molecule has 13 heavy (non-hydrogen) atoms. The molecule has 0 aromatic heterocycles. The number of carbonyl (C=O) groups is 1. The zero-order chi connectivity index (χ0) is 10.3. The largest absolute Gasteiger partial charge is 0.508 e. The standard InChI is InChI=1S/C9H12O2.CH2O/c1-2-3-7-4-5-8(10)6-9(7)11;1-2/h4-6,10-11H,2-3H2,1H3;1H2. The number of hydrogen-bond acceptors (Lipinski definition) is 3.